The van der Waals surface area contributed by atoms with Gasteiger partial charge in [0.15, 0.2) is 6.61 Å². The Bertz CT molecular complexity index is 1030. The van der Waals surface area contributed by atoms with Crippen molar-refractivity contribution in [3.63, 3.8) is 0 Å². The number of aryl methyl sites for hydroxylation is 1. The molecular formula is C20H21FN2O5S. The van der Waals surface area contributed by atoms with Crippen LogP contribution in [0.4, 0.5) is 10.1 Å². The summed E-state index contributed by atoms with van der Waals surface area (Å²) in [6.45, 7) is 1.16. The molecule has 0 atom stereocenters. The first kappa shape index (κ1) is 22.3. The van der Waals surface area contributed by atoms with Gasteiger partial charge >= 0.3 is 5.97 Å². The lowest BCUT2D eigenvalue weighted by Gasteiger charge is -2.14. The molecular weight excluding hydrogens is 399 g/mol. The fourth-order valence-corrected chi connectivity index (χ4v) is 3.14. The molecule has 0 aromatic heterocycles. The van der Waals surface area contributed by atoms with E-state index >= 15 is 0 Å². The van der Waals surface area contributed by atoms with E-state index in [2.05, 4.69) is 5.32 Å². The van der Waals surface area contributed by atoms with E-state index in [1.54, 1.807) is 13.0 Å². The SMILES string of the molecule is Cc1ccc(S(=O)(=O)N(C)C)cc1NC(=O)COC(=O)/C=C/c1ccc(F)cc1. The van der Waals surface area contributed by atoms with Crippen LogP contribution in [-0.4, -0.2) is 45.3 Å². The summed E-state index contributed by atoms with van der Waals surface area (Å²) >= 11 is 0. The van der Waals surface area contributed by atoms with Gasteiger partial charge in [-0.25, -0.2) is 21.9 Å². The van der Waals surface area contributed by atoms with Crippen molar-refractivity contribution in [1.29, 1.82) is 0 Å². The van der Waals surface area contributed by atoms with Crippen molar-refractivity contribution in [3.8, 4) is 0 Å². The van der Waals surface area contributed by atoms with Crippen LogP contribution in [0.1, 0.15) is 11.1 Å². The van der Waals surface area contributed by atoms with E-state index in [-0.39, 0.29) is 10.7 Å². The molecule has 2 aromatic rings. The Hall–Kier alpha value is -3.04. The van der Waals surface area contributed by atoms with Gasteiger partial charge < -0.3 is 10.1 Å². The van der Waals surface area contributed by atoms with Crippen LogP contribution in [0.2, 0.25) is 0 Å². The van der Waals surface area contributed by atoms with Crippen molar-refractivity contribution in [2.75, 3.05) is 26.0 Å². The van der Waals surface area contributed by atoms with Crippen LogP contribution in [0.15, 0.2) is 53.4 Å². The third-order valence-electron chi connectivity index (χ3n) is 3.89. The Kier molecular flexibility index (Phi) is 7.24. The van der Waals surface area contributed by atoms with Crippen LogP contribution in [0.25, 0.3) is 6.08 Å². The van der Waals surface area contributed by atoms with Crippen LogP contribution in [-0.2, 0) is 24.3 Å². The first-order valence-electron chi connectivity index (χ1n) is 8.53. The number of ether oxygens (including phenoxy) is 1. The molecule has 154 valence electrons. The number of sulfonamides is 1. The summed E-state index contributed by atoms with van der Waals surface area (Å²) in [6, 6.07) is 9.85. The van der Waals surface area contributed by atoms with Gasteiger partial charge in [-0.15, -0.1) is 0 Å². The lowest BCUT2D eigenvalue weighted by Crippen LogP contribution is -2.23. The van der Waals surface area contributed by atoms with E-state index in [0.29, 0.717) is 16.8 Å². The van der Waals surface area contributed by atoms with Crippen molar-refractivity contribution in [2.45, 2.75) is 11.8 Å². The van der Waals surface area contributed by atoms with Crippen molar-refractivity contribution in [2.24, 2.45) is 0 Å². The standard InChI is InChI=1S/C20H21FN2O5S/c1-14-4-10-17(29(26,27)23(2)3)12-18(14)22-19(24)13-28-20(25)11-7-15-5-8-16(21)9-6-15/h4-12H,13H2,1-3H3,(H,22,24)/b11-7+. The number of nitrogens with zero attached hydrogens (tertiary/aromatic N) is 1. The summed E-state index contributed by atoms with van der Waals surface area (Å²) in [6.07, 6.45) is 2.55. The first-order chi connectivity index (χ1) is 13.6. The molecule has 0 heterocycles. The van der Waals surface area contributed by atoms with Crippen LogP contribution < -0.4 is 5.32 Å². The van der Waals surface area contributed by atoms with Crippen molar-refractivity contribution in [1.82, 2.24) is 4.31 Å². The Morgan fingerprint density at radius 2 is 1.79 bits per heavy atom. The number of hydrogen-bond acceptors (Lipinski definition) is 5. The quantitative estimate of drug-likeness (QED) is 0.549. The summed E-state index contributed by atoms with van der Waals surface area (Å²) < 4.78 is 43.2. The molecule has 2 rings (SSSR count). The molecule has 29 heavy (non-hydrogen) atoms. The molecule has 0 spiro atoms. The van der Waals surface area contributed by atoms with E-state index < -0.39 is 28.5 Å². The molecule has 0 aliphatic rings. The van der Waals surface area contributed by atoms with Gasteiger partial charge in [0.1, 0.15) is 5.82 Å². The number of amides is 1. The van der Waals surface area contributed by atoms with Crippen molar-refractivity contribution < 1.29 is 27.1 Å². The third-order valence-corrected chi connectivity index (χ3v) is 5.70. The Morgan fingerprint density at radius 3 is 2.41 bits per heavy atom. The monoisotopic (exact) mass is 420 g/mol. The molecule has 2 aromatic carbocycles. The summed E-state index contributed by atoms with van der Waals surface area (Å²) in [5.41, 5.74) is 1.55. The van der Waals surface area contributed by atoms with Crippen molar-refractivity contribution in [3.05, 3.63) is 65.5 Å². The molecule has 0 radical (unpaired) electrons. The molecule has 0 bridgehead atoms. The molecule has 0 aliphatic heterocycles. The second-order valence-corrected chi connectivity index (χ2v) is 8.46. The summed E-state index contributed by atoms with van der Waals surface area (Å²) in [7, 11) is -0.832. The van der Waals surface area contributed by atoms with E-state index in [4.69, 9.17) is 4.74 Å². The largest absolute Gasteiger partial charge is 0.452 e. The molecule has 1 amide bonds. The lowest BCUT2D eigenvalue weighted by molar-refractivity contribution is -0.142. The minimum atomic E-state index is -3.65. The highest BCUT2D eigenvalue weighted by Crippen LogP contribution is 2.22. The predicted octanol–water partition coefficient (Wildman–Crippen LogP) is 2.58. The second kappa shape index (κ2) is 9.44. The smallest absolute Gasteiger partial charge is 0.331 e. The van der Waals surface area contributed by atoms with E-state index in [9.17, 15) is 22.4 Å². The maximum absolute atomic E-state index is 12.8. The zero-order valence-corrected chi connectivity index (χ0v) is 17.0. The highest BCUT2D eigenvalue weighted by Gasteiger charge is 2.18. The number of carbonyl (C=O) groups is 2. The number of esters is 1. The number of hydrogen-bond donors (Lipinski definition) is 1. The molecule has 0 saturated carbocycles. The average molecular weight is 420 g/mol. The van der Waals surface area contributed by atoms with Gasteiger partial charge in [-0.3, -0.25) is 4.79 Å². The average Bonchev–Trinajstić information content (AvgIpc) is 2.67. The summed E-state index contributed by atoms with van der Waals surface area (Å²) in [5, 5.41) is 2.53. The Labute approximate surface area is 168 Å². The number of carbonyl (C=O) groups excluding carboxylic acids is 2. The van der Waals surface area contributed by atoms with E-state index in [0.717, 1.165) is 10.4 Å². The fraction of sp³-hybridized carbons (Fsp3) is 0.200. The number of anilines is 1. The molecule has 0 fully saturated rings. The van der Waals surface area contributed by atoms with Crippen LogP contribution in [0.3, 0.4) is 0 Å². The lowest BCUT2D eigenvalue weighted by atomic mass is 10.2. The van der Waals surface area contributed by atoms with Gasteiger partial charge in [-0.05, 0) is 48.4 Å². The minimum Gasteiger partial charge on any atom is -0.452 e. The number of rotatable bonds is 7. The zero-order valence-electron chi connectivity index (χ0n) is 16.2. The number of halogens is 1. The normalized spacial score (nSPS) is 11.6. The van der Waals surface area contributed by atoms with Crippen LogP contribution in [0, 0.1) is 12.7 Å². The second-order valence-electron chi connectivity index (χ2n) is 6.30. The fourth-order valence-electron chi connectivity index (χ4n) is 2.22. The van der Waals surface area contributed by atoms with Gasteiger partial charge in [0.25, 0.3) is 5.91 Å². The Balaban J connectivity index is 1.97. The molecule has 0 unspecified atom stereocenters. The van der Waals surface area contributed by atoms with E-state index in [1.807, 2.05) is 0 Å². The molecule has 0 aliphatic carbocycles. The Morgan fingerprint density at radius 1 is 1.14 bits per heavy atom. The zero-order chi connectivity index (χ0) is 21.6. The molecule has 9 heteroatoms. The van der Waals surface area contributed by atoms with Crippen LogP contribution in [0.5, 0.6) is 0 Å². The first-order valence-corrected chi connectivity index (χ1v) is 9.97. The van der Waals surface area contributed by atoms with Crippen molar-refractivity contribution >= 4 is 33.7 Å². The maximum Gasteiger partial charge on any atom is 0.331 e. The van der Waals surface area contributed by atoms with Gasteiger partial charge in [-0.1, -0.05) is 18.2 Å². The molecule has 1 N–H and O–H groups in total. The summed E-state index contributed by atoms with van der Waals surface area (Å²) in [4.78, 5) is 23.8. The van der Waals surface area contributed by atoms with Gasteiger partial charge in [0.2, 0.25) is 10.0 Å². The van der Waals surface area contributed by atoms with Gasteiger partial charge in [-0.2, -0.15) is 0 Å². The maximum atomic E-state index is 12.8. The summed E-state index contributed by atoms with van der Waals surface area (Å²) in [5.74, 6) is -1.75. The number of nitrogens with one attached hydrogen (secondary N) is 1. The highest BCUT2D eigenvalue weighted by atomic mass is 32.2. The van der Waals surface area contributed by atoms with E-state index in [1.165, 1.54) is 56.6 Å². The van der Waals surface area contributed by atoms with Gasteiger partial charge in [0, 0.05) is 25.9 Å². The third kappa shape index (κ3) is 6.23. The molecule has 7 nitrogen and oxygen atoms in total. The number of benzene rings is 2. The highest BCUT2D eigenvalue weighted by molar-refractivity contribution is 7.89. The minimum absolute atomic E-state index is 0.0302. The van der Waals surface area contributed by atoms with Crippen LogP contribution >= 0.6 is 0 Å². The molecule has 0 saturated heterocycles. The topological polar surface area (TPSA) is 92.8 Å². The van der Waals surface area contributed by atoms with Gasteiger partial charge in [0.05, 0.1) is 4.90 Å². The predicted molar refractivity (Wildman–Crippen MR) is 107 cm³/mol.